The molecule has 0 rings (SSSR count). The molecule has 0 saturated heterocycles. The molecule has 0 bridgehead atoms. The molecular weight excluding hydrogens is 132 g/mol. The van der Waals surface area contributed by atoms with Crippen molar-refractivity contribution in [3.05, 3.63) is 0 Å². The fourth-order valence-electron chi connectivity index (χ4n) is 0. The summed E-state index contributed by atoms with van der Waals surface area (Å²) in [6, 6.07) is 0. The third-order valence-electron chi connectivity index (χ3n) is 0. The Morgan fingerprint density at radius 1 is 1.40 bits per heavy atom. The van der Waals surface area contributed by atoms with Crippen LogP contribution in [0.4, 0.5) is 0 Å². The fraction of sp³-hybridized carbons (Fsp3) is 0. The van der Waals surface area contributed by atoms with Crippen molar-refractivity contribution >= 4 is 30.3 Å². The van der Waals surface area contributed by atoms with Crippen LogP contribution in [-0.4, -0.2) is 10.3 Å². The van der Waals surface area contributed by atoms with E-state index in [1.165, 1.54) is 0 Å². The second-order valence-corrected chi connectivity index (χ2v) is 1.29. The van der Waals surface area contributed by atoms with Crippen molar-refractivity contribution in [2.24, 2.45) is 0 Å². The number of rotatable bonds is 0. The first-order valence-electron chi connectivity index (χ1n) is 0.654. The van der Waals surface area contributed by atoms with Crippen molar-refractivity contribution in [3.8, 4) is 0 Å². The van der Waals surface area contributed by atoms with Gasteiger partial charge in [-0.25, -0.2) is 0 Å². The Bertz CT molecular complexity index is 29.9. The standard InChI is InChI=1S/CH2Cl2N.ClH/c1-4(2)3;/h1H2;1H/q+1;/p-1. The first-order valence-corrected chi connectivity index (χ1v) is 1.33. The van der Waals surface area contributed by atoms with E-state index in [0.29, 0.717) is 3.61 Å². The number of nitrogens with zero attached hydrogens (tertiary/aromatic N) is 1. The molecule has 0 aliphatic rings. The molecule has 0 amide bonds. The van der Waals surface area contributed by atoms with Gasteiger partial charge >= 0.3 is 0 Å². The van der Waals surface area contributed by atoms with Crippen molar-refractivity contribution in [1.29, 1.82) is 0 Å². The van der Waals surface area contributed by atoms with Crippen molar-refractivity contribution in [2.45, 2.75) is 0 Å². The van der Waals surface area contributed by atoms with Crippen LogP contribution < -0.4 is 12.4 Å². The quantitative estimate of drug-likeness (QED) is 0.267. The summed E-state index contributed by atoms with van der Waals surface area (Å²) in [7, 11) is 0. The van der Waals surface area contributed by atoms with E-state index in [0.717, 1.165) is 0 Å². The number of halogens is 3. The molecule has 0 unspecified atom stereocenters. The molecule has 0 saturated carbocycles. The summed E-state index contributed by atoms with van der Waals surface area (Å²) in [5.41, 5.74) is 0. The summed E-state index contributed by atoms with van der Waals surface area (Å²) in [6.07, 6.45) is 0. The second kappa shape index (κ2) is 4.54. The summed E-state index contributed by atoms with van der Waals surface area (Å²) in [5, 5.41) is 0. The maximum Gasteiger partial charge on any atom is 0.285 e. The number of hydrogen-bond acceptors (Lipinski definition) is 0. The maximum absolute atomic E-state index is 4.76. The van der Waals surface area contributed by atoms with Gasteiger partial charge in [0.25, 0.3) is 23.6 Å². The Morgan fingerprint density at radius 2 is 1.40 bits per heavy atom. The van der Waals surface area contributed by atoms with Crippen molar-refractivity contribution < 1.29 is 16.0 Å². The summed E-state index contributed by atoms with van der Waals surface area (Å²) >= 11 is 9.52. The summed E-state index contributed by atoms with van der Waals surface area (Å²) in [6.45, 7) is 3.00. The Hall–Kier alpha value is 0.540. The lowest BCUT2D eigenvalue weighted by Gasteiger charge is -1.46. The van der Waals surface area contributed by atoms with Crippen LogP contribution in [-0.2, 0) is 0 Å². The van der Waals surface area contributed by atoms with Gasteiger partial charge in [-0.15, -0.1) is 0 Å². The van der Waals surface area contributed by atoms with Gasteiger partial charge in [0.05, 0.1) is 0 Å². The molecule has 1 nitrogen and oxygen atoms in total. The molecule has 0 aliphatic carbocycles. The van der Waals surface area contributed by atoms with Crippen LogP contribution in [0, 0.1) is 0 Å². The highest BCUT2D eigenvalue weighted by Gasteiger charge is 1.71. The third-order valence-corrected chi connectivity index (χ3v) is 0. The molecule has 0 aromatic heterocycles. The van der Waals surface area contributed by atoms with E-state index in [-0.39, 0.29) is 12.4 Å². The summed E-state index contributed by atoms with van der Waals surface area (Å²) in [5.74, 6) is 0. The smallest absolute Gasteiger partial charge is 0.285 e. The lowest BCUT2D eigenvalue weighted by atomic mass is 11.8. The van der Waals surface area contributed by atoms with E-state index in [9.17, 15) is 0 Å². The van der Waals surface area contributed by atoms with Crippen molar-refractivity contribution in [1.82, 2.24) is 0 Å². The average Bonchev–Trinajstić information content (AvgIpc) is 0.811. The molecule has 0 fully saturated rings. The molecule has 0 N–H and O–H groups in total. The Morgan fingerprint density at radius 3 is 1.40 bits per heavy atom. The first kappa shape index (κ1) is 9.11. The van der Waals surface area contributed by atoms with Gasteiger partial charge < -0.3 is 12.4 Å². The van der Waals surface area contributed by atoms with E-state index in [1.807, 2.05) is 0 Å². The molecule has 5 heavy (non-hydrogen) atoms. The highest BCUT2D eigenvalue weighted by atomic mass is 35.5. The van der Waals surface area contributed by atoms with E-state index in [2.05, 4.69) is 6.72 Å². The predicted octanol–water partition coefficient (Wildman–Crippen LogP) is -1.99. The second-order valence-electron chi connectivity index (χ2n) is 0.303. The monoisotopic (exact) mass is 133 g/mol. The topological polar surface area (TPSA) is 3.01 Å². The van der Waals surface area contributed by atoms with Gasteiger partial charge in [0.2, 0.25) is 0 Å². The summed E-state index contributed by atoms with van der Waals surface area (Å²) in [4.78, 5) is 0. The van der Waals surface area contributed by atoms with Gasteiger partial charge in [0.1, 0.15) is 0 Å². The molecule has 0 spiro atoms. The van der Waals surface area contributed by atoms with Crippen molar-refractivity contribution in [3.63, 3.8) is 0 Å². The van der Waals surface area contributed by atoms with E-state index in [1.54, 1.807) is 0 Å². The highest BCUT2D eigenvalue weighted by molar-refractivity contribution is 6.22. The van der Waals surface area contributed by atoms with Crippen LogP contribution in [0.15, 0.2) is 0 Å². The predicted molar refractivity (Wildman–Crippen MR) is 19.1 cm³/mol. The zero-order chi connectivity index (χ0) is 3.58. The zero-order valence-corrected chi connectivity index (χ0v) is 4.56. The fourth-order valence-corrected chi connectivity index (χ4v) is 0. The van der Waals surface area contributed by atoms with Gasteiger partial charge in [0, 0.05) is 0 Å². The van der Waals surface area contributed by atoms with Crippen LogP contribution >= 0.6 is 23.6 Å². The molecule has 0 atom stereocenters. The third kappa shape index (κ3) is 100. The molecular formula is CH2Cl3N. The van der Waals surface area contributed by atoms with Crippen LogP contribution in [0.5, 0.6) is 0 Å². The van der Waals surface area contributed by atoms with Crippen LogP contribution in [0.25, 0.3) is 0 Å². The van der Waals surface area contributed by atoms with E-state index >= 15 is 0 Å². The zero-order valence-electron chi connectivity index (χ0n) is 2.29. The molecule has 0 radical (unpaired) electrons. The summed E-state index contributed by atoms with van der Waals surface area (Å²) < 4.78 is 0.694. The largest absolute Gasteiger partial charge is 1.00 e. The van der Waals surface area contributed by atoms with Crippen molar-refractivity contribution in [2.75, 3.05) is 0 Å². The lowest BCUT2D eigenvalue weighted by Crippen LogP contribution is -3.00. The van der Waals surface area contributed by atoms with E-state index in [4.69, 9.17) is 23.6 Å². The average molecular weight is 134 g/mol. The highest BCUT2D eigenvalue weighted by Crippen LogP contribution is 1.77. The minimum Gasteiger partial charge on any atom is -1.00 e. The molecule has 0 heterocycles. The Balaban J connectivity index is 0. The Kier molecular flexibility index (Phi) is 8.27. The molecule has 4 heteroatoms. The van der Waals surface area contributed by atoms with Gasteiger partial charge in [-0.2, -0.15) is 0 Å². The van der Waals surface area contributed by atoms with Gasteiger partial charge in [0.15, 0.2) is 6.72 Å². The van der Waals surface area contributed by atoms with Crippen LogP contribution in [0.1, 0.15) is 0 Å². The number of hydrogen-bond donors (Lipinski definition) is 0. The minimum atomic E-state index is 0. The van der Waals surface area contributed by atoms with Crippen LogP contribution in [0.2, 0.25) is 0 Å². The molecule has 0 aromatic rings. The lowest BCUT2D eigenvalue weighted by molar-refractivity contribution is -0.168. The maximum atomic E-state index is 4.76. The van der Waals surface area contributed by atoms with Gasteiger partial charge in [-0.05, 0) is 3.61 Å². The molecule has 0 aliphatic heterocycles. The van der Waals surface area contributed by atoms with Gasteiger partial charge in [-0.1, -0.05) is 0 Å². The first-order chi connectivity index (χ1) is 1.73. The Labute approximate surface area is 46.8 Å². The SMILES string of the molecule is C=[N+](Cl)Cl.[Cl-]. The minimum absolute atomic E-state index is 0. The van der Waals surface area contributed by atoms with Crippen LogP contribution in [0.3, 0.4) is 0 Å². The normalized spacial score (nSPS) is 5.20. The van der Waals surface area contributed by atoms with Gasteiger partial charge in [-0.3, -0.25) is 0 Å². The molecule has 32 valence electrons. The van der Waals surface area contributed by atoms with E-state index < -0.39 is 0 Å². The molecule has 0 aromatic carbocycles.